The largest absolute Gasteiger partial charge is 0.490 e. The Morgan fingerprint density at radius 2 is 1.69 bits per heavy atom. The summed E-state index contributed by atoms with van der Waals surface area (Å²) in [6.07, 6.45) is -1.34. The summed E-state index contributed by atoms with van der Waals surface area (Å²) in [7, 11) is 0. The van der Waals surface area contributed by atoms with Crippen molar-refractivity contribution in [2.75, 3.05) is 10.6 Å². The second kappa shape index (κ2) is 13.0. The maximum absolute atomic E-state index is 13.0. The first-order valence-corrected chi connectivity index (χ1v) is 13.1. The van der Waals surface area contributed by atoms with E-state index in [0.717, 1.165) is 44.7 Å². The van der Waals surface area contributed by atoms with Gasteiger partial charge in [-0.25, -0.2) is 4.79 Å². The lowest BCUT2D eigenvalue weighted by Crippen LogP contribution is -2.21. The van der Waals surface area contributed by atoms with Gasteiger partial charge in [-0.05, 0) is 66.6 Å². The number of H-pyrrole nitrogens is 1. The smallest absolute Gasteiger partial charge is 0.475 e. The van der Waals surface area contributed by atoms with Gasteiger partial charge in [-0.3, -0.25) is 9.78 Å². The Kier molecular flexibility index (Phi) is 9.39. The van der Waals surface area contributed by atoms with Gasteiger partial charge in [0.05, 0.1) is 28.4 Å². The minimum atomic E-state index is -5.08. The molecule has 0 aliphatic heterocycles. The highest BCUT2D eigenvalue weighted by atomic mass is 35.5. The summed E-state index contributed by atoms with van der Waals surface area (Å²) < 4.78 is 31.7. The van der Waals surface area contributed by atoms with Gasteiger partial charge in [0.15, 0.2) is 0 Å². The number of carbonyl (C=O) groups excluding carboxylic acids is 1. The molecule has 0 fully saturated rings. The zero-order valence-electron chi connectivity index (χ0n) is 21.9. The molecule has 0 aliphatic carbocycles. The molecule has 1 amide bonds. The van der Waals surface area contributed by atoms with Gasteiger partial charge in [-0.1, -0.05) is 47.5 Å². The standard InChI is InChI=1S/C28H22Cl2N4O.C2HF3O2/c1-17-22(21-6-2-3-7-26(21)32-17)15-28(35)34-19-9-11-27(33-20-5-4-12-31-16-20)23(14-19)18-8-10-24(29)25(30)13-18;3-2(4,5)1(6)7/h2-14,16,32-33H,15H2,1H3,(H,34,35);(H,6,7). The van der Waals surface area contributed by atoms with E-state index in [1.165, 1.54) is 0 Å². The third kappa shape index (κ3) is 7.59. The summed E-state index contributed by atoms with van der Waals surface area (Å²) in [6.45, 7) is 1.99. The quantitative estimate of drug-likeness (QED) is 0.154. The fraction of sp³-hybridized carbons (Fsp3) is 0.100. The summed E-state index contributed by atoms with van der Waals surface area (Å²) in [5.74, 6) is -2.85. The number of rotatable bonds is 6. The number of carboxylic acids is 1. The number of carbonyl (C=O) groups is 2. The van der Waals surface area contributed by atoms with E-state index in [-0.39, 0.29) is 12.3 Å². The van der Waals surface area contributed by atoms with E-state index in [1.54, 1.807) is 18.5 Å². The molecule has 0 radical (unpaired) electrons. The van der Waals surface area contributed by atoms with Crippen LogP contribution in [0.2, 0.25) is 10.0 Å². The molecule has 12 heteroatoms. The molecular formula is C30H23Cl2F3N4O3. The van der Waals surface area contributed by atoms with Crippen LogP contribution in [-0.4, -0.2) is 33.1 Å². The van der Waals surface area contributed by atoms with Crippen LogP contribution in [0.5, 0.6) is 0 Å². The number of halogens is 5. The second-order valence-corrected chi connectivity index (χ2v) is 9.87. The van der Waals surface area contributed by atoms with Crippen LogP contribution in [0.1, 0.15) is 11.3 Å². The average molecular weight is 615 g/mol. The normalized spacial score (nSPS) is 11.0. The topological polar surface area (TPSA) is 107 Å². The molecule has 0 saturated carbocycles. The number of hydrogen-bond acceptors (Lipinski definition) is 4. The van der Waals surface area contributed by atoms with Gasteiger partial charge >= 0.3 is 12.1 Å². The molecule has 7 nitrogen and oxygen atoms in total. The summed E-state index contributed by atoms with van der Waals surface area (Å²) >= 11 is 12.5. The van der Waals surface area contributed by atoms with Crippen LogP contribution in [0.3, 0.4) is 0 Å². The molecular weight excluding hydrogens is 592 g/mol. The Morgan fingerprint density at radius 3 is 2.36 bits per heavy atom. The minimum absolute atomic E-state index is 0.0917. The molecule has 3 aromatic carbocycles. The van der Waals surface area contributed by atoms with Crippen molar-refractivity contribution in [1.82, 2.24) is 9.97 Å². The number of anilines is 3. The molecule has 5 aromatic rings. The first kappa shape index (κ1) is 30.4. The fourth-order valence-corrected chi connectivity index (χ4v) is 4.45. The van der Waals surface area contributed by atoms with Gasteiger partial charge in [0.25, 0.3) is 0 Å². The Labute approximate surface area is 248 Å². The highest BCUT2D eigenvalue weighted by Crippen LogP contribution is 2.36. The molecule has 0 bridgehead atoms. The zero-order chi connectivity index (χ0) is 30.4. The van der Waals surface area contributed by atoms with E-state index in [4.69, 9.17) is 33.1 Å². The van der Waals surface area contributed by atoms with E-state index in [2.05, 4.69) is 20.6 Å². The lowest BCUT2D eigenvalue weighted by atomic mass is 10.0. The van der Waals surface area contributed by atoms with Crippen LogP contribution in [-0.2, 0) is 16.0 Å². The number of alkyl halides is 3. The monoisotopic (exact) mass is 614 g/mol. The number of carboxylic acid groups (broad SMARTS) is 1. The third-order valence-electron chi connectivity index (χ3n) is 6.08. The summed E-state index contributed by atoms with van der Waals surface area (Å²) in [4.78, 5) is 29.4. The number of aliphatic carboxylic acids is 1. The zero-order valence-corrected chi connectivity index (χ0v) is 23.4. The van der Waals surface area contributed by atoms with E-state index in [0.29, 0.717) is 15.7 Å². The van der Waals surface area contributed by atoms with Crippen molar-refractivity contribution in [3.63, 3.8) is 0 Å². The number of nitrogens with zero attached hydrogens (tertiary/aromatic N) is 1. The van der Waals surface area contributed by atoms with Crippen LogP contribution in [0.25, 0.3) is 22.0 Å². The number of pyridine rings is 1. The Morgan fingerprint density at radius 1 is 0.952 bits per heavy atom. The molecule has 2 heterocycles. The number of aromatic amines is 1. The van der Waals surface area contributed by atoms with Gasteiger partial charge in [0, 0.05) is 39.7 Å². The molecule has 0 atom stereocenters. The van der Waals surface area contributed by atoms with Crippen LogP contribution < -0.4 is 10.6 Å². The van der Waals surface area contributed by atoms with Crippen LogP contribution in [0, 0.1) is 6.92 Å². The molecule has 5 rings (SSSR count). The number of aromatic nitrogens is 2. The average Bonchev–Trinajstić information content (AvgIpc) is 3.26. The maximum atomic E-state index is 13.0. The predicted octanol–water partition coefficient (Wildman–Crippen LogP) is 8.40. The third-order valence-corrected chi connectivity index (χ3v) is 6.82. The van der Waals surface area contributed by atoms with Gasteiger partial charge in [-0.15, -0.1) is 0 Å². The number of aryl methyl sites for hydroxylation is 1. The predicted molar refractivity (Wildman–Crippen MR) is 158 cm³/mol. The fourth-order valence-electron chi connectivity index (χ4n) is 4.15. The highest BCUT2D eigenvalue weighted by Gasteiger charge is 2.38. The van der Waals surface area contributed by atoms with Crippen molar-refractivity contribution in [2.24, 2.45) is 0 Å². The van der Waals surface area contributed by atoms with E-state index >= 15 is 0 Å². The van der Waals surface area contributed by atoms with Crippen molar-refractivity contribution < 1.29 is 27.9 Å². The molecule has 216 valence electrons. The van der Waals surface area contributed by atoms with Crippen LogP contribution in [0.4, 0.5) is 30.2 Å². The van der Waals surface area contributed by atoms with Gasteiger partial charge in [0.2, 0.25) is 5.91 Å². The number of fused-ring (bicyclic) bond motifs is 1. The number of para-hydroxylation sites is 1. The summed E-state index contributed by atoms with van der Waals surface area (Å²) in [6, 6.07) is 23.0. The van der Waals surface area contributed by atoms with Crippen molar-refractivity contribution in [3.8, 4) is 11.1 Å². The van der Waals surface area contributed by atoms with Crippen molar-refractivity contribution in [2.45, 2.75) is 19.5 Å². The Hall–Kier alpha value is -4.54. The minimum Gasteiger partial charge on any atom is -0.475 e. The first-order chi connectivity index (χ1) is 19.9. The number of nitrogens with one attached hydrogen (secondary N) is 3. The highest BCUT2D eigenvalue weighted by molar-refractivity contribution is 6.42. The molecule has 0 unspecified atom stereocenters. The Bertz CT molecular complexity index is 1740. The van der Waals surface area contributed by atoms with Crippen LogP contribution >= 0.6 is 23.2 Å². The van der Waals surface area contributed by atoms with Gasteiger partial charge < -0.3 is 20.7 Å². The number of amides is 1. The summed E-state index contributed by atoms with van der Waals surface area (Å²) in [5.41, 5.74) is 7.14. The van der Waals surface area contributed by atoms with Gasteiger partial charge in [-0.2, -0.15) is 13.2 Å². The second-order valence-electron chi connectivity index (χ2n) is 9.06. The van der Waals surface area contributed by atoms with Crippen molar-refractivity contribution in [1.29, 1.82) is 0 Å². The maximum Gasteiger partial charge on any atom is 0.490 e. The molecule has 2 aromatic heterocycles. The SMILES string of the molecule is Cc1[nH]c2ccccc2c1CC(=O)Nc1ccc(Nc2cccnc2)c(-c2ccc(Cl)c(Cl)c2)c1.O=C(O)C(F)(F)F. The Balaban J connectivity index is 0.000000517. The van der Waals surface area contributed by atoms with Crippen molar-refractivity contribution >= 4 is 63.0 Å². The summed E-state index contributed by atoms with van der Waals surface area (Å²) in [5, 5.41) is 15.6. The van der Waals surface area contributed by atoms with Crippen molar-refractivity contribution in [3.05, 3.63) is 106 Å². The first-order valence-electron chi connectivity index (χ1n) is 12.3. The molecule has 0 aliphatic rings. The lowest BCUT2D eigenvalue weighted by molar-refractivity contribution is -0.192. The molecule has 0 spiro atoms. The lowest BCUT2D eigenvalue weighted by Gasteiger charge is -2.15. The number of benzene rings is 3. The molecule has 42 heavy (non-hydrogen) atoms. The van der Waals surface area contributed by atoms with Gasteiger partial charge in [0.1, 0.15) is 0 Å². The van der Waals surface area contributed by atoms with E-state index in [9.17, 15) is 18.0 Å². The van der Waals surface area contributed by atoms with E-state index < -0.39 is 12.1 Å². The number of hydrogen-bond donors (Lipinski definition) is 4. The van der Waals surface area contributed by atoms with Crippen LogP contribution in [0.15, 0.2) is 85.2 Å². The molecule has 4 N–H and O–H groups in total. The molecule has 0 saturated heterocycles. The van der Waals surface area contributed by atoms with E-state index in [1.807, 2.05) is 73.7 Å².